The molecule has 0 saturated carbocycles. The molecule has 4 nitrogen and oxygen atoms in total. The maximum absolute atomic E-state index is 13.1. The van der Waals surface area contributed by atoms with Gasteiger partial charge in [0, 0.05) is 23.7 Å². The number of carbonyl (C=O) groups is 1. The Morgan fingerprint density at radius 3 is 2.57 bits per heavy atom. The first kappa shape index (κ1) is 20.2. The van der Waals surface area contributed by atoms with Crippen molar-refractivity contribution in [3.8, 4) is 0 Å². The number of amides is 1. The molecule has 130 valence electrons. The highest BCUT2D eigenvalue weighted by Crippen LogP contribution is 2.23. The average Bonchev–Trinajstić information content (AvgIpc) is 2.42. The summed E-state index contributed by atoms with van der Waals surface area (Å²) in [5.41, 5.74) is 6.33. The van der Waals surface area contributed by atoms with Gasteiger partial charge < -0.3 is 16.0 Å². The van der Waals surface area contributed by atoms with Gasteiger partial charge in [0.2, 0.25) is 5.91 Å². The monoisotopic (exact) mass is 363 g/mol. The molecule has 0 spiro atoms. The van der Waals surface area contributed by atoms with E-state index in [2.05, 4.69) is 10.2 Å². The molecule has 7 heteroatoms. The topological polar surface area (TPSA) is 58.4 Å². The Balaban J connectivity index is 0.00000264. The third-order valence-corrected chi connectivity index (χ3v) is 4.07. The number of carbonyl (C=O) groups excluding carboxylic acids is 1. The largest absolute Gasteiger partial charge is 0.326 e. The van der Waals surface area contributed by atoms with E-state index in [1.54, 1.807) is 0 Å². The molecule has 0 radical (unpaired) electrons. The quantitative estimate of drug-likeness (QED) is 0.862. The molecule has 1 saturated heterocycles. The van der Waals surface area contributed by atoms with Gasteiger partial charge in [0.25, 0.3) is 0 Å². The molecule has 0 atom stereocenters. The molecule has 1 aliphatic rings. The number of anilines is 1. The van der Waals surface area contributed by atoms with Gasteiger partial charge in [-0.3, -0.25) is 4.79 Å². The lowest BCUT2D eigenvalue weighted by Crippen LogP contribution is -2.48. The van der Waals surface area contributed by atoms with Crippen molar-refractivity contribution in [3.05, 3.63) is 29.0 Å². The number of piperidine rings is 1. The summed E-state index contributed by atoms with van der Waals surface area (Å²) < 4.78 is 13.1. The second kappa shape index (κ2) is 8.29. The van der Waals surface area contributed by atoms with Crippen molar-refractivity contribution < 1.29 is 9.18 Å². The van der Waals surface area contributed by atoms with E-state index in [9.17, 15) is 9.18 Å². The van der Waals surface area contributed by atoms with Crippen LogP contribution in [-0.4, -0.2) is 36.0 Å². The van der Waals surface area contributed by atoms with Crippen molar-refractivity contribution in [1.29, 1.82) is 0 Å². The molecule has 1 aromatic rings. The minimum atomic E-state index is -0.489. The van der Waals surface area contributed by atoms with E-state index in [1.807, 2.05) is 13.8 Å². The molecule has 1 fully saturated rings. The van der Waals surface area contributed by atoms with Gasteiger partial charge >= 0.3 is 0 Å². The summed E-state index contributed by atoms with van der Waals surface area (Å²) in [6.45, 7) is 6.56. The van der Waals surface area contributed by atoms with Crippen LogP contribution >= 0.6 is 24.0 Å². The van der Waals surface area contributed by atoms with Crippen LogP contribution < -0.4 is 11.1 Å². The summed E-state index contributed by atoms with van der Waals surface area (Å²) in [7, 11) is 0. The molecule has 1 aromatic carbocycles. The normalized spacial score (nSPS) is 16.7. The van der Waals surface area contributed by atoms with Crippen molar-refractivity contribution in [2.75, 3.05) is 25.0 Å². The smallest absolute Gasteiger partial charge is 0.227 e. The number of benzene rings is 1. The summed E-state index contributed by atoms with van der Waals surface area (Å²) in [6.07, 6.45) is 1.60. The van der Waals surface area contributed by atoms with Gasteiger partial charge in [-0.2, -0.15) is 0 Å². The molecule has 0 unspecified atom stereocenters. The van der Waals surface area contributed by atoms with Crippen LogP contribution in [0.5, 0.6) is 0 Å². The minimum Gasteiger partial charge on any atom is -0.326 e. The maximum atomic E-state index is 13.1. The molecule has 0 bridgehead atoms. The van der Waals surface area contributed by atoms with Crippen LogP contribution in [0.2, 0.25) is 5.02 Å². The standard InChI is InChI=1S/C16H23ClFN3O.ClH/c1-16(2,19)10-21-7-5-11(6-8-21)15(22)20-12-3-4-14(18)13(17)9-12;/h3-4,9,11H,5-8,10,19H2,1-2H3,(H,20,22);1H. The highest BCUT2D eigenvalue weighted by Gasteiger charge is 2.27. The Labute approximate surface area is 148 Å². The zero-order valence-electron chi connectivity index (χ0n) is 13.4. The SMILES string of the molecule is CC(C)(N)CN1CCC(C(=O)Nc2ccc(F)c(Cl)c2)CC1.Cl. The van der Waals surface area contributed by atoms with Crippen molar-refractivity contribution in [1.82, 2.24) is 4.90 Å². The van der Waals surface area contributed by atoms with E-state index >= 15 is 0 Å². The van der Waals surface area contributed by atoms with E-state index < -0.39 is 5.82 Å². The first-order valence-corrected chi connectivity index (χ1v) is 7.89. The van der Waals surface area contributed by atoms with E-state index in [0.29, 0.717) is 5.69 Å². The molecule has 3 N–H and O–H groups in total. The van der Waals surface area contributed by atoms with E-state index in [-0.39, 0.29) is 34.8 Å². The third-order valence-electron chi connectivity index (χ3n) is 3.78. The van der Waals surface area contributed by atoms with Gasteiger partial charge in [0.05, 0.1) is 5.02 Å². The number of likely N-dealkylation sites (tertiary alicyclic amines) is 1. The van der Waals surface area contributed by atoms with Crippen LogP contribution in [0.3, 0.4) is 0 Å². The second-order valence-corrected chi connectivity index (χ2v) is 7.06. The fourth-order valence-electron chi connectivity index (χ4n) is 2.75. The average molecular weight is 364 g/mol. The molecular weight excluding hydrogens is 340 g/mol. The maximum Gasteiger partial charge on any atom is 0.227 e. The summed E-state index contributed by atoms with van der Waals surface area (Å²) in [4.78, 5) is 14.6. The first-order chi connectivity index (χ1) is 10.2. The van der Waals surface area contributed by atoms with E-state index in [0.717, 1.165) is 32.5 Å². The van der Waals surface area contributed by atoms with Gasteiger partial charge in [0.15, 0.2) is 0 Å². The van der Waals surface area contributed by atoms with E-state index in [4.69, 9.17) is 17.3 Å². The third kappa shape index (κ3) is 6.26. The second-order valence-electron chi connectivity index (χ2n) is 6.66. The van der Waals surface area contributed by atoms with Crippen molar-refractivity contribution in [2.24, 2.45) is 11.7 Å². The lowest BCUT2D eigenvalue weighted by atomic mass is 9.94. The van der Waals surface area contributed by atoms with Crippen LogP contribution in [0, 0.1) is 11.7 Å². The molecule has 1 heterocycles. The van der Waals surface area contributed by atoms with Crippen molar-refractivity contribution >= 4 is 35.6 Å². The number of rotatable bonds is 4. The number of hydrogen-bond acceptors (Lipinski definition) is 3. The van der Waals surface area contributed by atoms with Gasteiger partial charge in [-0.05, 0) is 58.0 Å². The van der Waals surface area contributed by atoms with Gasteiger partial charge in [-0.15, -0.1) is 12.4 Å². The van der Waals surface area contributed by atoms with Crippen LogP contribution in [0.4, 0.5) is 10.1 Å². The molecule has 0 aromatic heterocycles. The zero-order valence-corrected chi connectivity index (χ0v) is 15.0. The fraction of sp³-hybridized carbons (Fsp3) is 0.562. The Morgan fingerprint density at radius 1 is 1.43 bits per heavy atom. The Kier molecular flexibility index (Phi) is 7.27. The minimum absolute atomic E-state index is 0. The van der Waals surface area contributed by atoms with Crippen molar-refractivity contribution in [2.45, 2.75) is 32.2 Å². The van der Waals surface area contributed by atoms with Gasteiger partial charge in [-0.1, -0.05) is 11.6 Å². The molecular formula is C16H24Cl2FN3O. The molecule has 1 aliphatic heterocycles. The van der Waals surface area contributed by atoms with Crippen LogP contribution in [-0.2, 0) is 4.79 Å². The number of nitrogens with zero attached hydrogens (tertiary/aromatic N) is 1. The Bertz CT molecular complexity index is 541. The molecule has 23 heavy (non-hydrogen) atoms. The predicted octanol–water partition coefficient (Wildman–Crippen LogP) is 3.29. The summed E-state index contributed by atoms with van der Waals surface area (Å²) in [6, 6.07) is 4.20. The molecule has 2 rings (SSSR count). The Morgan fingerprint density at radius 2 is 2.04 bits per heavy atom. The van der Waals surface area contributed by atoms with E-state index in [1.165, 1.54) is 18.2 Å². The Hall–Kier alpha value is -0.880. The van der Waals surface area contributed by atoms with Crippen LogP contribution in [0.15, 0.2) is 18.2 Å². The lowest BCUT2D eigenvalue weighted by molar-refractivity contribution is -0.121. The van der Waals surface area contributed by atoms with Crippen molar-refractivity contribution in [3.63, 3.8) is 0 Å². The summed E-state index contributed by atoms with van der Waals surface area (Å²) in [5, 5.41) is 2.82. The number of hydrogen-bond donors (Lipinski definition) is 2. The first-order valence-electron chi connectivity index (χ1n) is 7.52. The molecule has 0 aliphatic carbocycles. The highest BCUT2D eigenvalue weighted by atomic mass is 35.5. The van der Waals surface area contributed by atoms with Crippen LogP contribution in [0.1, 0.15) is 26.7 Å². The summed E-state index contributed by atoms with van der Waals surface area (Å²) >= 11 is 5.72. The zero-order chi connectivity index (χ0) is 16.3. The summed E-state index contributed by atoms with van der Waals surface area (Å²) in [5.74, 6) is -0.548. The predicted molar refractivity (Wildman–Crippen MR) is 94.7 cm³/mol. The van der Waals surface area contributed by atoms with Gasteiger partial charge in [0.1, 0.15) is 5.82 Å². The van der Waals surface area contributed by atoms with Gasteiger partial charge in [-0.25, -0.2) is 4.39 Å². The molecule has 1 amide bonds. The number of halogens is 3. The highest BCUT2D eigenvalue weighted by molar-refractivity contribution is 6.31. The fourth-order valence-corrected chi connectivity index (χ4v) is 2.93. The lowest BCUT2D eigenvalue weighted by Gasteiger charge is -2.35. The number of nitrogens with one attached hydrogen (secondary N) is 1. The number of nitrogens with two attached hydrogens (primary N) is 1. The van der Waals surface area contributed by atoms with Crippen LogP contribution in [0.25, 0.3) is 0 Å².